The van der Waals surface area contributed by atoms with Crippen molar-refractivity contribution >= 4 is 5.97 Å². The molecule has 0 amide bonds. The van der Waals surface area contributed by atoms with Gasteiger partial charge in [-0.05, 0) is 17.0 Å². The van der Waals surface area contributed by atoms with E-state index in [0.29, 0.717) is 5.56 Å². The maximum atomic E-state index is 14.0. The van der Waals surface area contributed by atoms with Crippen LogP contribution >= 0.6 is 0 Å². The van der Waals surface area contributed by atoms with E-state index in [9.17, 15) is 9.18 Å². The summed E-state index contributed by atoms with van der Waals surface area (Å²) in [5, 5.41) is 8.95. The number of hydrogen-bond acceptors (Lipinski definition) is 2. The van der Waals surface area contributed by atoms with Crippen LogP contribution in [0.2, 0.25) is 0 Å². The van der Waals surface area contributed by atoms with Crippen molar-refractivity contribution < 1.29 is 19.0 Å². The number of aromatic carboxylic acids is 1. The van der Waals surface area contributed by atoms with E-state index < -0.39 is 22.8 Å². The van der Waals surface area contributed by atoms with Gasteiger partial charge in [-0.2, -0.15) is 0 Å². The first-order valence-electron chi connectivity index (χ1n) is 4.89. The van der Waals surface area contributed by atoms with E-state index in [2.05, 4.69) is 0 Å². The van der Waals surface area contributed by atoms with Crippen LogP contribution in [0.15, 0.2) is 12.1 Å². The van der Waals surface area contributed by atoms with E-state index in [4.69, 9.17) is 9.84 Å². The standard InChI is InChI=1S/C12H15FO3/c1-12(2,3)7-5-6-8(16-4)9(10(7)13)11(14)15/h5-6H,1-4H3,(H,14,15). The topological polar surface area (TPSA) is 46.5 Å². The van der Waals surface area contributed by atoms with E-state index >= 15 is 0 Å². The molecule has 0 atom stereocenters. The molecule has 0 saturated heterocycles. The van der Waals surface area contributed by atoms with Gasteiger partial charge in [0.15, 0.2) is 0 Å². The third-order valence-electron chi connectivity index (χ3n) is 2.35. The predicted octanol–water partition coefficient (Wildman–Crippen LogP) is 2.83. The van der Waals surface area contributed by atoms with Crippen LogP contribution in [0, 0.1) is 5.82 Å². The lowest BCUT2D eigenvalue weighted by atomic mass is 9.85. The summed E-state index contributed by atoms with van der Waals surface area (Å²) >= 11 is 0. The summed E-state index contributed by atoms with van der Waals surface area (Å²) in [5.74, 6) is -2.00. The zero-order chi connectivity index (χ0) is 12.5. The molecule has 1 rings (SSSR count). The Bertz CT molecular complexity index is 419. The van der Waals surface area contributed by atoms with Gasteiger partial charge in [0.1, 0.15) is 17.1 Å². The molecule has 16 heavy (non-hydrogen) atoms. The van der Waals surface area contributed by atoms with Crippen LogP contribution < -0.4 is 4.74 Å². The van der Waals surface area contributed by atoms with Gasteiger partial charge in [-0.25, -0.2) is 9.18 Å². The third kappa shape index (κ3) is 2.15. The Morgan fingerprint density at radius 1 is 1.38 bits per heavy atom. The molecule has 3 nitrogen and oxygen atoms in total. The monoisotopic (exact) mass is 226 g/mol. The minimum atomic E-state index is -1.32. The molecule has 0 aliphatic rings. The summed E-state index contributed by atoms with van der Waals surface area (Å²) in [6.45, 7) is 5.47. The Balaban J connectivity index is 3.50. The maximum Gasteiger partial charge on any atom is 0.342 e. The van der Waals surface area contributed by atoms with Crippen LogP contribution in [0.5, 0.6) is 5.75 Å². The molecule has 1 aromatic rings. The summed E-state index contributed by atoms with van der Waals surface area (Å²) in [4.78, 5) is 11.0. The van der Waals surface area contributed by atoms with Gasteiger partial charge in [-0.3, -0.25) is 0 Å². The number of carboxylic acid groups (broad SMARTS) is 1. The number of carboxylic acids is 1. The van der Waals surface area contributed by atoms with Gasteiger partial charge in [0.25, 0.3) is 0 Å². The minimum absolute atomic E-state index is 0.0398. The Labute approximate surface area is 93.9 Å². The fraction of sp³-hybridized carbons (Fsp3) is 0.417. The van der Waals surface area contributed by atoms with Crippen molar-refractivity contribution in [2.75, 3.05) is 7.11 Å². The summed E-state index contributed by atoms with van der Waals surface area (Å²) in [7, 11) is 1.32. The summed E-state index contributed by atoms with van der Waals surface area (Å²) in [5.41, 5.74) is -0.485. The highest BCUT2D eigenvalue weighted by Gasteiger charge is 2.26. The Morgan fingerprint density at radius 3 is 2.31 bits per heavy atom. The summed E-state index contributed by atoms with van der Waals surface area (Å²) in [6.07, 6.45) is 0. The van der Waals surface area contributed by atoms with Crippen molar-refractivity contribution in [2.45, 2.75) is 26.2 Å². The lowest BCUT2D eigenvalue weighted by Gasteiger charge is -2.21. The van der Waals surface area contributed by atoms with Gasteiger partial charge in [0, 0.05) is 0 Å². The van der Waals surface area contributed by atoms with Crippen LogP contribution in [0.25, 0.3) is 0 Å². The van der Waals surface area contributed by atoms with Crippen LogP contribution in [0.4, 0.5) is 4.39 Å². The van der Waals surface area contributed by atoms with Gasteiger partial charge in [0.05, 0.1) is 7.11 Å². The molecular formula is C12H15FO3. The number of rotatable bonds is 2. The Kier molecular flexibility index (Phi) is 3.21. The van der Waals surface area contributed by atoms with E-state index in [1.54, 1.807) is 6.07 Å². The van der Waals surface area contributed by atoms with Gasteiger partial charge >= 0.3 is 5.97 Å². The average Bonchev–Trinajstić information content (AvgIpc) is 2.14. The molecule has 0 aliphatic heterocycles. The van der Waals surface area contributed by atoms with Crippen LogP contribution in [0.1, 0.15) is 36.7 Å². The molecule has 0 bridgehead atoms. The fourth-order valence-electron chi connectivity index (χ4n) is 1.51. The van der Waals surface area contributed by atoms with Gasteiger partial charge in [-0.1, -0.05) is 26.8 Å². The fourth-order valence-corrected chi connectivity index (χ4v) is 1.51. The smallest absolute Gasteiger partial charge is 0.342 e. The molecule has 0 spiro atoms. The molecule has 88 valence electrons. The van der Waals surface area contributed by atoms with Gasteiger partial charge in [0.2, 0.25) is 0 Å². The summed E-state index contributed by atoms with van der Waals surface area (Å²) in [6, 6.07) is 3.04. The zero-order valence-corrected chi connectivity index (χ0v) is 9.80. The van der Waals surface area contributed by atoms with E-state index in [0.717, 1.165) is 0 Å². The number of halogens is 1. The third-order valence-corrected chi connectivity index (χ3v) is 2.35. The highest BCUT2D eigenvalue weighted by molar-refractivity contribution is 5.91. The Morgan fingerprint density at radius 2 is 1.94 bits per heavy atom. The number of hydrogen-bond donors (Lipinski definition) is 1. The molecule has 0 radical (unpaired) electrons. The molecule has 1 N–H and O–H groups in total. The highest BCUT2D eigenvalue weighted by Crippen LogP contribution is 2.31. The lowest BCUT2D eigenvalue weighted by Crippen LogP contribution is -2.17. The quantitative estimate of drug-likeness (QED) is 0.843. The lowest BCUT2D eigenvalue weighted by molar-refractivity contribution is 0.0687. The first-order chi connectivity index (χ1) is 7.29. The maximum absolute atomic E-state index is 14.0. The predicted molar refractivity (Wildman–Crippen MR) is 58.6 cm³/mol. The first-order valence-corrected chi connectivity index (χ1v) is 4.89. The Hall–Kier alpha value is -1.58. The van der Waals surface area contributed by atoms with E-state index in [1.807, 2.05) is 20.8 Å². The number of benzene rings is 1. The van der Waals surface area contributed by atoms with Crippen molar-refractivity contribution in [3.8, 4) is 5.75 Å². The SMILES string of the molecule is COc1ccc(C(C)(C)C)c(F)c1C(=O)O. The molecule has 0 unspecified atom stereocenters. The molecular weight excluding hydrogens is 211 g/mol. The van der Waals surface area contributed by atoms with Crippen molar-refractivity contribution in [3.05, 3.63) is 29.1 Å². The molecule has 0 aromatic heterocycles. The van der Waals surface area contributed by atoms with Crippen molar-refractivity contribution in [1.29, 1.82) is 0 Å². The summed E-state index contributed by atoms with van der Waals surface area (Å²) < 4.78 is 18.8. The normalized spacial score (nSPS) is 11.3. The van der Waals surface area contributed by atoms with Crippen molar-refractivity contribution in [2.24, 2.45) is 0 Å². The minimum Gasteiger partial charge on any atom is -0.496 e. The second kappa shape index (κ2) is 4.12. The van der Waals surface area contributed by atoms with Gasteiger partial charge < -0.3 is 9.84 Å². The first kappa shape index (κ1) is 12.5. The van der Waals surface area contributed by atoms with Crippen molar-refractivity contribution in [3.63, 3.8) is 0 Å². The molecule has 1 aromatic carbocycles. The van der Waals surface area contributed by atoms with Crippen molar-refractivity contribution in [1.82, 2.24) is 0 Å². The molecule has 0 fully saturated rings. The van der Waals surface area contributed by atoms with E-state index in [1.165, 1.54) is 13.2 Å². The molecule has 0 heterocycles. The number of methoxy groups -OCH3 is 1. The molecule has 0 aliphatic carbocycles. The van der Waals surface area contributed by atoms with Gasteiger partial charge in [-0.15, -0.1) is 0 Å². The zero-order valence-electron chi connectivity index (χ0n) is 9.80. The highest BCUT2D eigenvalue weighted by atomic mass is 19.1. The van der Waals surface area contributed by atoms with Crippen LogP contribution in [-0.2, 0) is 5.41 Å². The molecule has 0 saturated carbocycles. The molecule has 4 heteroatoms. The van der Waals surface area contributed by atoms with Crippen LogP contribution in [0.3, 0.4) is 0 Å². The second-order valence-corrected chi connectivity index (χ2v) is 4.56. The number of ether oxygens (including phenoxy) is 1. The largest absolute Gasteiger partial charge is 0.496 e. The number of carbonyl (C=O) groups is 1. The van der Waals surface area contributed by atoms with E-state index in [-0.39, 0.29) is 5.75 Å². The average molecular weight is 226 g/mol. The second-order valence-electron chi connectivity index (χ2n) is 4.56. The van der Waals surface area contributed by atoms with Crippen LogP contribution in [-0.4, -0.2) is 18.2 Å².